The first kappa shape index (κ1) is 30.2. The zero-order valence-electron chi connectivity index (χ0n) is 24.2. The molecule has 1 aliphatic rings. The van der Waals surface area contributed by atoms with Crippen LogP contribution in [0.15, 0.2) is 73.1 Å². The van der Waals surface area contributed by atoms with Gasteiger partial charge in [-0.05, 0) is 29.8 Å². The summed E-state index contributed by atoms with van der Waals surface area (Å²) in [7, 11) is 4.50. The van der Waals surface area contributed by atoms with E-state index in [9.17, 15) is 4.79 Å². The number of anilines is 5. The van der Waals surface area contributed by atoms with Gasteiger partial charge in [0.05, 0.1) is 19.9 Å². The van der Waals surface area contributed by atoms with Crippen LogP contribution in [0.4, 0.5) is 33.5 Å². The molecule has 0 saturated carbocycles. The highest BCUT2D eigenvalue weighted by molar-refractivity contribution is 6.41. The van der Waals surface area contributed by atoms with E-state index in [1.807, 2.05) is 12.1 Å². The Morgan fingerprint density at radius 2 is 1.56 bits per heavy atom. The van der Waals surface area contributed by atoms with Crippen LogP contribution < -0.4 is 29.9 Å². The summed E-state index contributed by atoms with van der Waals surface area (Å²) in [6.45, 7) is 4.96. The zero-order chi connectivity index (χ0) is 30.3. The van der Waals surface area contributed by atoms with Gasteiger partial charge in [0.1, 0.15) is 39.5 Å². The topological polar surface area (TPSA) is 95.1 Å². The number of nitrogens with one attached hydrogen (secondary N) is 2. The minimum atomic E-state index is -0.517. The lowest BCUT2D eigenvalue weighted by Crippen LogP contribution is -2.45. The number of ether oxygens (including phenoxy) is 2. The van der Waals surface area contributed by atoms with Crippen LogP contribution >= 0.6 is 23.2 Å². The van der Waals surface area contributed by atoms with Crippen molar-refractivity contribution in [1.29, 1.82) is 0 Å². The Bertz CT molecular complexity index is 1520. The van der Waals surface area contributed by atoms with Gasteiger partial charge >= 0.3 is 6.03 Å². The summed E-state index contributed by atoms with van der Waals surface area (Å²) < 4.78 is 10.6. The van der Waals surface area contributed by atoms with Gasteiger partial charge < -0.3 is 25.0 Å². The number of piperazine rings is 1. The SMILES string of the molecule is COc1cc(OC)c(Cl)c(NC(=O)N(C)c2cc(Nc3ccc(N4CCN(Cc5ccccc5)CC4)cc3)ncn2)c1Cl. The largest absolute Gasteiger partial charge is 0.495 e. The zero-order valence-corrected chi connectivity index (χ0v) is 25.7. The Hall–Kier alpha value is -4.25. The number of rotatable bonds is 9. The second-order valence-corrected chi connectivity index (χ2v) is 10.7. The first-order chi connectivity index (χ1) is 20.9. The van der Waals surface area contributed by atoms with Crippen molar-refractivity contribution in [2.45, 2.75) is 6.54 Å². The van der Waals surface area contributed by atoms with Crippen LogP contribution in [0.25, 0.3) is 0 Å². The van der Waals surface area contributed by atoms with Crippen molar-refractivity contribution in [3.63, 3.8) is 0 Å². The van der Waals surface area contributed by atoms with Gasteiger partial charge in [0, 0.05) is 63.3 Å². The number of methoxy groups -OCH3 is 2. The van der Waals surface area contributed by atoms with E-state index in [0.29, 0.717) is 23.1 Å². The molecule has 1 aliphatic heterocycles. The number of carbonyl (C=O) groups is 1. The van der Waals surface area contributed by atoms with E-state index >= 15 is 0 Å². The molecular formula is C31H33Cl2N7O3. The van der Waals surface area contributed by atoms with Crippen molar-refractivity contribution >= 4 is 57.9 Å². The fraction of sp³-hybridized carbons (Fsp3) is 0.258. The fourth-order valence-electron chi connectivity index (χ4n) is 4.80. The third-order valence-corrected chi connectivity index (χ3v) is 7.98. The molecule has 10 nitrogen and oxygen atoms in total. The van der Waals surface area contributed by atoms with E-state index in [0.717, 1.165) is 38.4 Å². The highest BCUT2D eigenvalue weighted by Crippen LogP contribution is 2.44. The highest BCUT2D eigenvalue weighted by atomic mass is 35.5. The summed E-state index contributed by atoms with van der Waals surface area (Å²) in [5.41, 5.74) is 3.56. The van der Waals surface area contributed by atoms with Gasteiger partial charge in [0.15, 0.2) is 0 Å². The molecule has 2 heterocycles. The number of nitrogens with zero attached hydrogens (tertiary/aromatic N) is 5. The molecule has 0 radical (unpaired) electrons. The molecule has 3 aromatic carbocycles. The van der Waals surface area contributed by atoms with Crippen LogP contribution in [0.1, 0.15) is 5.56 Å². The lowest BCUT2D eigenvalue weighted by Gasteiger charge is -2.36. The first-order valence-electron chi connectivity index (χ1n) is 13.7. The second-order valence-electron chi connectivity index (χ2n) is 9.96. The third kappa shape index (κ3) is 7.22. The Morgan fingerprint density at radius 3 is 2.19 bits per heavy atom. The van der Waals surface area contributed by atoms with Crippen molar-refractivity contribution in [2.24, 2.45) is 0 Å². The van der Waals surface area contributed by atoms with Crippen molar-refractivity contribution in [3.05, 3.63) is 88.7 Å². The third-order valence-electron chi connectivity index (χ3n) is 7.23. The normalized spacial score (nSPS) is 13.4. The predicted molar refractivity (Wildman–Crippen MR) is 173 cm³/mol. The maximum atomic E-state index is 13.1. The molecule has 0 spiro atoms. The van der Waals surface area contributed by atoms with E-state index in [1.165, 1.54) is 36.7 Å². The molecule has 12 heteroatoms. The maximum Gasteiger partial charge on any atom is 0.327 e. The van der Waals surface area contributed by atoms with Crippen LogP contribution in [-0.2, 0) is 6.54 Å². The summed E-state index contributed by atoms with van der Waals surface area (Å²) in [5, 5.41) is 6.31. The molecule has 1 fully saturated rings. The van der Waals surface area contributed by atoms with E-state index in [1.54, 1.807) is 19.2 Å². The molecule has 0 unspecified atom stereocenters. The molecular weight excluding hydrogens is 589 g/mol. The summed E-state index contributed by atoms with van der Waals surface area (Å²) in [5.74, 6) is 1.52. The quantitative estimate of drug-likeness (QED) is 0.218. The lowest BCUT2D eigenvalue weighted by atomic mass is 10.2. The van der Waals surface area contributed by atoms with Crippen molar-refractivity contribution in [3.8, 4) is 11.5 Å². The number of amides is 2. The van der Waals surface area contributed by atoms with E-state index < -0.39 is 6.03 Å². The second kappa shape index (κ2) is 13.8. The summed E-state index contributed by atoms with van der Waals surface area (Å²) in [4.78, 5) is 27.9. The smallest absolute Gasteiger partial charge is 0.327 e. The van der Waals surface area contributed by atoms with Crippen LogP contribution in [0, 0.1) is 0 Å². The van der Waals surface area contributed by atoms with Crippen molar-refractivity contribution in [1.82, 2.24) is 14.9 Å². The first-order valence-corrected chi connectivity index (χ1v) is 14.5. The van der Waals surface area contributed by atoms with Gasteiger partial charge in [-0.25, -0.2) is 14.8 Å². The molecule has 43 heavy (non-hydrogen) atoms. The Balaban J connectivity index is 1.19. The standard InChI is InChI=1S/C31H33Cl2N7O3/c1-38(31(41)37-30-28(32)24(42-2)17-25(43-3)29(30)33)27-18-26(34-20-35-27)36-22-9-11-23(12-10-22)40-15-13-39(14-16-40)19-21-7-5-4-6-8-21/h4-12,17-18,20H,13-16,19H2,1-3H3,(H,37,41)(H,34,35,36). The van der Waals surface area contributed by atoms with E-state index in [4.69, 9.17) is 32.7 Å². The Morgan fingerprint density at radius 1 is 0.907 bits per heavy atom. The Kier molecular flexibility index (Phi) is 9.71. The number of aromatic nitrogens is 2. The van der Waals surface area contributed by atoms with Gasteiger partial charge in [-0.2, -0.15) is 0 Å². The van der Waals surface area contributed by atoms with Crippen LogP contribution in [-0.4, -0.2) is 68.3 Å². The minimum Gasteiger partial charge on any atom is -0.495 e. The van der Waals surface area contributed by atoms with Crippen LogP contribution in [0.2, 0.25) is 10.0 Å². The van der Waals surface area contributed by atoms with Crippen molar-refractivity contribution < 1.29 is 14.3 Å². The monoisotopic (exact) mass is 621 g/mol. The summed E-state index contributed by atoms with van der Waals surface area (Å²) in [6.07, 6.45) is 1.39. The van der Waals surface area contributed by atoms with Gasteiger partial charge in [0.25, 0.3) is 0 Å². The number of hydrogen-bond donors (Lipinski definition) is 2. The van der Waals surface area contributed by atoms with Gasteiger partial charge in [0.2, 0.25) is 0 Å². The number of urea groups is 1. The molecule has 5 rings (SSSR count). The Labute approximate surface area is 261 Å². The molecule has 0 aliphatic carbocycles. The van der Waals surface area contributed by atoms with Gasteiger partial charge in [-0.3, -0.25) is 9.80 Å². The molecule has 224 valence electrons. The highest BCUT2D eigenvalue weighted by Gasteiger charge is 2.22. The van der Waals surface area contributed by atoms with Gasteiger partial charge in [-0.1, -0.05) is 53.5 Å². The van der Waals surface area contributed by atoms with Gasteiger partial charge in [-0.15, -0.1) is 0 Å². The number of carbonyl (C=O) groups excluding carboxylic acids is 1. The average Bonchev–Trinajstić information content (AvgIpc) is 3.04. The lowest BCUT2D eigenvalue weighted by molar-refractivity contribution is 0.250. The summed E-state index contributed by atoms with van der Waals surface area (Å²) in [6, 6.07) is 21.5. The maximum absolute atomic E-state index is 13.1. The van der Waals surface area contributed by atoms with E-state index in [2.05, 4.69) is 72.9 Å². The molecule has 1 saturated heterocycles. The number of hydrogen-bond acceptors (Lipinski definition) is 8. The fourth-order valence-corrected chi connectivity index (χ4v) is 5.39. The predicted octanol–water partition coefficient (Wildman–Crippen LogP) is 6.53. The number of benzene rings is 3. The summed E-state index contributed by atoms with van der Waals surface area (Å²) >= 11 is 12.8. The molecule has 1 aromatic heterocycles. The molecule has 4 aromatic rings. The molecule has 0 atom stereocenters. The molecule has 2 amide bonds. The number of halogens is 2. The molecule has 2 N–H and O–H groups in total. The van der Waals surface area contributed by atoms with Crippen molar-refractivity contribution in [2.75, 3.05) is 67.9 Å². The van der Waals surface area contributed by atoms with Crippen LogP contribution in [0.3, 0.4) is 0 Å². The minimum absolute atomic E-state index is 0.151. The molecule has 0 bridgehead atoms. The van der Waals surface area contributed by atoms with E-state index in [-0.39, 0.29) is 15.7 Å². The average molecular weight is 623 g/mol. The van der Waals surface area contributed by atoms with Crippen LogP contribution in [0.5, 0.6) is 11.5 Å².